The van der Waals surface area contributed by atoms with Gasteiger partial charge in [0.2, 0.25) is 12.1 Å². The molecule has 3 N–H and O–H groups in total. The van der Waals surface area contributed by atoms with Crippen LogP contribution in [0.2, 0.25) is 0 Å². The van der Waals surface area contributed by atoms with Crippen molar-refractivity contribution in [1.82, 2.24) is 0 Å². The topological polar surface area (TPSA) is 154 Å². The molecule has 0 aromatic carbocycles. The Kier molecular flexibility index (Phi) is 5.29. The van der Waals surface area contributed by atoms with E-state index < -0.39 is 82.1 Å². The number of carbonyl (C=O) groups is 2. The first-order chi connectivity index (χ1) is 19.3. The second-order valence-corrected chi connectivity index (χ2v) is 13.9. The molecule has 14 unspecified atom stereocenters. The molecule has 41 heavy (non-hydrogen) atoms. The van der Waals surface area contributed by atoms with Crippen molar-refractivity contribution in [1.29, 1.82) is 0 Å². The van der Waals surface area contributed by atoms with Gasteiger partial charge in [-0.15, -0.1) is 0 Å². The third-order valence-corrected chi connectivity index (χ3v) is 12.2. The maximum absolute atomic E-state index is 14.3. The summed E-state index contributed by atoms with van der Waals surface area (Å²) in [6.07, 6.45) is 0.648. The number of epoxide rings is 1. The standard InChI is InChI=1S/C30H38O11/c1-13-7-20(36-4)30(35)25(38-13)39-17-9-15-10-19-29(41-19)23(26(15,2)11-18(17)40-30)22(32)24(33)27(3)16(5-6-28(27,29)34)14-8-21(31)37-12-14/h8-9,13,16-20,22-23,25,32,34-35H,5-7,10-12H2,1-4H3. The number of methoxy groups -OCH3 is 1. The predicted molar refractivity (Wildman–Crippen MR) is 137 cm³/mol. The van der Waals surface area contributed by atoms with Crippen LogP contribution >= 0.6 is 0 Å². The van der Waals surface area contributed by atoms with Gasteiger partial charge in [0.25, 0.3) is 0 Å². The number of Topliss-reactive ketones (excluding diaryl/α,β-unsaturated/α-hetero) is 1. The second kappa shape index (κ2) is 8.06. The molecule has 1 spiro atoms. The maximum atomic E-state index is 14.3. The molecule has 4 aliphatic carbocycles. The van der Waals surface area contributed by atoms with Crippen molar-refractivity contribution in [3.05, 3.63) is 23.3 Å². The second-order valence-electron chi connectivity index (χ2n) is 13.9. The first-order valence-electron chi connectivity index (χ1n) is 14.8. The van der Waals surface area contributed by atoms with Crippen LogP contribution in [0.15, 0.2) is 23.3 Å². The van der Waals surface area contributed by atoms with Gasteiger partial charge in [-0.3, -0.25) is 4.79 Å². The Bertz CT molecular complexity index is 1290. The third-order valence-electron chi connectivity index (χ3n) is 12.2. The molecule has 4 heterocycles. The number of ketones is 1. The van der Waals surface area contributed by atoms with Crippen LogP contribution in [0.5, 0.6) is 0 Å². The number of hydrogen-bond acceptors (Lipinski definition) is 11. The zero-order chi connectivity index (χ0) is 28.9. The molecule has 0 radical (unpaired) electrons. The van der Waals surface area contributed by atoms with E-state index in [2.05, 4.69) is 0 Å². The fraction of sp³-hybridized carbons (Fsp3) is 0.800. The molecular formula is C30H38O11. The van der Waals surface area contributed by atoms with Crippen molar-refractivity contribution in [2.75, 3.05) is 13.7 Å². The highest BCUT2D eigenvalue weighted by molar-refractivity contribution is 5.94. The van der Waals surface area contributed by atoms with Crippen LogP contribution in [0.4, 0.5) is 0 Å². The fourth-order valence-corrected chi connectivity index (χ4v) is 10.2. The summed E-state index contributed by atoms with van der Waals surface area (Å²) in [4.78, 5) is 26.2. The van der Waals surface area contributed by atoms with Crippen molar-refractivity contribution >= 4 is 11.8 Å². The van der Waals surface area contributed by atoms with Gasteiger partial charge >= 0.3 is 5.97 Å². The van der Waals surface area contributed by atoms with Gasteiger partial charge in [-0.2, -0.15) is 0 Å². The van der Waals surface area contributed by atoms with Gasteiger partial charge in [0.15, 0.2) is 5.78 Å². The van der Waals surface area contributed by atoms with Gasteiger partial charge in [-0.1, -0.05) is 18.6 Å². The average molecular weight is 575 g/mol. The van der Waals surface area contributed by atoms with E-state index >= 15 is 0 Å². The number of cyclic esters (lactones) is 1. The van der Waals surface area contributed by atoms with Crippen LogP contribution in [0.1, 0.15) is 52.9 Å². The Morgan fingerprint density at radius 3 is 2.61 bits per heavy atom. The largest absolute Gasteiger partial charge is 0.458 e. The number of fused-ring (bicyclic) bond motifs is 5. The molecule has 14 atom stereocenters. The van der Waals surface area contributed by atoms with Crippen LogP contribution < -0.4 is 0 Å². The van der Waals surface area contributed by atoms with E-state index in [0.717, 1.165) is 5.57 Å². The normalized spacial score (nSPS) is 58.6. The Hall–Kier alpha value is -1.70. The summed E-state index contributed by atoms with van der Waals surface area (Å²) in [7, 11) is 1.52. The summed E-state index contributed by atoms with van der Waals surface area (Å²) in [5.41, 5.74) is -3.16. The van der Waals surface area contributed by atoms with Crippen LogP contribution in [-0.4, -0.2) is 101 Å². The van der Waals surface area contributed by atoms with Gasteiger partial charge in [-0.25, -0.2) is 4.79 Å². The SMILES string of the molecule is COC1CC(C)OC2OC3C=C4CC5OC56C(C(O)C(=O)C5(C)C(C7=CC(=O)OC7)CCC56O)C4(C)CC3OC12O. The van der Waals surface area contributed by atoms with Gasteiger partial charge in [0, 0.05) is 25.5 Å². The number of rotatable bonds is 2. The molecule has 3 saturated carbocycles. The first-order valence-corrected chi connectivity index (χ1v) is 14.8. The van der Waals surface area contributed by atoms with E-state index in [1.807, 2.05) is 19.9 Å². The highest BCUT2D eigenvalue weighted by atomic mass is 16.8. The summed E-state index contributed by atoms with van der Waals surface area (Å²) < 4.78 is 35.8. The molecule has 4 aliphatic heterocycles. The van der Waals surface area contributed by atoms with Crippen LogP contribution in [-0.2, 0) is 38.0 Å². The Labute approximate surface area is 237 Å². The summed E-state index contributed by atoms with van der Waals surface area (Å²) in [5.74, 6) is -3.89. The minimum Gasteiger partial charge on any atom is -0.458 e. The van der Waals surface area contributed by atoms with Crippen molar-refractivity contribution in [3.8, 4) is 0 Å². The lowest BCUT2D eigenvalue weighted by Crippen LogP contribution is -2.75. The minimum atomic E-state index is -1.82. The van der Waals surface area contributed by atoms with Crippen LogP contribution in [0.3, 0.4) is 0 Å². The number of hydrogen-bond donors (Lipinski definition) is 3. The zero-order valence-corrected chi connectivity index (χ0v) is 23.7. The molecule has 224 valence electrons. The summed E-state index contributed by atoms with van der Waals surface area (Å²) in [6.45, 7) is 5.69. The number of aliphatic hydroxyl groups is 3. The van der Waals surface area contributed by atoms with Crippen LogP contribution in [0, 0.1) is 22.7 Å². The van der Waals surface area contributed by atoms with Crippen LogP contribution in [0.25, 0.3) is 0 Å². The van der Waals surface area contributed by atoms with Crippen molar-refractivity contribution < 1.29 is 53.3 Å². The summed E-state index contributed by atoms with van der Waals surface area (Å²) >= 11 is 0. The highest BCUT2D eigenvalue weighted by Crippen LogP contribution is 2.76. The van der Waals surface area contributed by atoms with E-state index in [-0.39, 0.29) is 18.8 Å². The molecule has 8 aliphatic rings. The molecule has 6 fully saturated rings. The lowest BCUT2D eigenvalue weighted by atomic mass is 9.43. The quantitative estimate of drug-likeness (QED) is 0.242. The maximum Gasteiger partial charge on any atom is 0.331 e. The number of carbonyl (C=O) groups excluding carboxylic acids is 2. The first kappa shape index (κ1) is 26.9. The number of ether oxygens (including phenoxy) is 6. The molecule has 11 nitrogen and oxygen atoms in total. The molecular weight excluding hydrogens is 536 g/mol. The van der Waals surface area contributed by atoms with Gasteiger partial charge in [-0.05, 0) is 56.4 Å². The van der Waals surface area contributed by atoms with Crippen molar-refractivity contribution in [2.45, 2.75) is 113 Å². The molecule has 0 aromatic rings. The molecule has 3 saturated heterocycles. The number of aliphatic hydroxyl groups excluding tert-OH is 1. The summed E-state index contributed by atoms with van der Waals surface area (Å²) in [5, 5.41) is 36.1. The molecule has 0 aromatic heterocycles. The highest BCUT2D eigenvalue weighted by Gasteiger charge is 2.88. The smallest absolute Gasteiger partial charge is 0.331 e. The van der Waals surface area contributed by atoms with Gasteiger partial charge in [0.1, 0.15) is 36.1 Å². The van der Waals surface area contributed by atoms with Crippen molar-refractivity contribution in [2.24, 2.45) is 22.7 Å². The Morgan fingerprint density at radius 1 is 1.12 bits per heavy atom. The van der Waals surface area contributed by atoms with Gasteiger partial charge < -0.3 is 43.7 Å². The van der Waals surface area contributed by atoms with E-state index in [1.165, 1.54) is 13.2 Å². The molecule has 8 rings (SSSR count). The number of esters is 1. The van der Waals surface area contributed by atoms with E-state index in [4.69, 9.17) is 28.4 Å². The molecule has 11 heteroatoms. The average Bonchev–Trinajstić information content (AvgIpc) is 3.36. The predicted octanol–water partition coefficient (Wildman–Crippen LogP) is 0.677. The molecule has 0 amide bonds. The fourth-order valence-electron chi connectivity index (χ4n) is 10.2. The van der Waals surface area contributed by atoms with Gasteiger partial charge in [0.05, 0.1) is 23.7 Å². The van der Waals surface area contributed by atoms with E-state index in [9.17, 15) is 24.9 Å². The Morgan fingerprint density at radius 2 is 1.90 bits per heavy atom. The third kappa shape index (κ3) is 2.97. The summed E-state index contributed by atoms with van der Waals surface area (Å²) in [6, 6.07) is 0. The lowest BCUT2D eigenvalue weighted by Gasteiger charge is -2.62. The molecule has 0 bridgehead atoms. The minimum absolute atomic E-state index is 0.0825. The zero-order valence-electron chi connectivity index (χ0n) is 23.7. The van der Waals surface area contributed by atoms with E-state index in [0.29, 0.717) is 37.7 Å². The van der Waals surface area contributed by atoms with Crippen molar-refractivity contribution in [3.63, 3.8) is 0 Å². The Balaban J connectivity index is 1.18. The lowest BCUT2D eigenvalue weighted by molar-refractivity contribution is -0.450. The monoisotopic (exact) mass is 574 g/mol. The van der Waals surface area contributed by atoms with E-state index in [1.54, 1.807) is 6.92 Å².